The Labute approximate surface area is 200 Å². The first-order chi connectivity index (χ1) is 16.3. The summed E-state index contributed by atoms with van der Waals surface area (Å²) in [5, 5.41) is 2.90. The van der Waals surface area contributed by atoms with Crippen molar-refractivity contribution in [1.82, 2.24) is 0 Å². The summed E-state index contributed by atoms with van der Waals surface area (Å²) in [6, 6.07) is 18.6. The Morgan fingerprint density at radius 3 is 2.65 bits per heavy atom. The van der Waals surface area contributed by atoms with Crippen molar-refractivity contribution in [1.29, 1.82) is 0 Å². The van der Waals surface area contributed by atoms with Crippen LogP contribution in [0.2, 0.25) is 0 Å². The molecule has 0 aliphatic carbocycles. The van der Waals surface area contributed by atoms with E-state index in [0.717, 1.165) is 11.1 Å². The van der Waals surface area contributed by atoms with Crippen molar-refractivity contribution in [3.63, 3.8) is 0 Å². The molecule has 0 bridgehead atoms. The van der Waals surface area contributed by atoms with Crippen LogP contribution in [0.3, 0.4) is 0 Å². The molecular weight excluding hydrogens is 453 g/mol. The maximum absolute atomic E-state index is 14.0. The van der Waals surface area contributed by atoms with E-state index < -0.39 is 16.6 Å². The van der Waals surface area contributed by atoms with Gasteiger partial charge in [-0.05, 0) is 55.3 Å². The monoisotopic (exact) mass is 475 g/mol. The summed E-state index contributed by atoms with van der Waals surface area (Å²) in [5.41, 5.74) is 4.09. The molecule has 2 heterocycles. The molecule has 172 valence electrons. The Kier molecular flexibility index (Phi) is 5.40. The molecule has 3 aromatic carbocycles. The number of nitrogens with one attached hydrogen (secondary N) is 1. The van der Waals surface area contributed by atoms with Gasteiger partial charge in [-0.3, -0.25) is 24.2 Å². The number of carbonyl (C=O) groups excluding carboxylic acids is 3. The second-order valence-electron chi connectivity index (χ2n) is 8.42. The number of hydrogen-bond donors (Lipinski definition) is 1. The summed E-state index contributed by atoms with van der Waals surface area (Å²) in [6.07, 6.45) is 0. The number of nitrogens with zero attached hydrogens (tertiary/aromatic N) is 2. The van der Waals surface area contributed by atoms with Crippen molar-refractivity contribution in [3.8, 4) is 0 Å². The summed E-state index contributed by atoms with van der Waals surface area (Å²) in [4.78, 5) is 41.3. The smallest absolute Gasteiger partial charge is 0.269 e. The van der Waals surface area contributed by atoms with E-state index in [4.69, 9.17) is 0 Å². The molecule has 1 saturated heterocycles. The van der Waals surface area contributed by atoms with Crippen LogP contribution in [0.5, 0.6) is 0 Å². The predicted octanol–water partition coefficient (Wildman–Crippen LogP) is 4.36. The normalized spacial score (nSPS) is 19.1. The quantitative estimate of drug-likeness (QED) is 0.609. The standard InChI is InChI=1S/C26H22FN3O3S/c1-16-10-11-17(2)21(12-16)28-23(31)14-29-22-9-4-3-8-20(22)26(25(29)33)30(24(32)15-34-26)19-7-5-6-18(27)13-19/h3-13H,14-15H2,1-2H3,(H,28,31)/t26-/m0/s1. The third kappa shape index (κ3) is 3.45. The average molecular weight is 476 g/mol. The molecule has 6 nitrogen and oxygen atoms in total. The highest BCUT2D eigenvalue weighted by molar-refractivity contribution is 8.02. The number of aryl methyl sites for hydroxylation is 2. The first kappa shape index (κ1) is 22.2. The second-order valence-corrected chi connectivity index (χ2v) is 9.58. The van der Waals surface area contributed by atoms with Gasteiger partial charge in [0, 0.05) is 16.9 Å². The van der Waals surface area contributed by atoms with E-state index in [2.05, 4.69) is 5.32 Å². The topological polar surface area (TPSA) is 69.7 Å². The van der Waals surface area contributed by atoms with Crippen molar-refractivity contribution in [2.45, 2.75) is 18.7 Å². The van der Waals surface area contributed by atoms with Crippen molar-refractivity contribution in [3.05, 3.63) is 89.2 Å². The summed E-state index contributed by atoms with van der Waals surface area (Å²) >= 11 is 1.19. The largest absolute Gasteiger partial charge is 0.324 e. The zero-order chi connectivity index (χ0) is 24.0. The van der Waals surface area contributed by atoms with Crippen LogP contribution in [-0.2, 0) is 19.3 Å². The van der Waals surface area contributed by atoms with Crippen molar-refractivity contribution >= 4 is 46.5 Å². The fourth-order valence-corrected chi connectivity index (χ4v) is 5.89. The van der Waals surface area contributed by atoms with E-state index in [1.165, 1.54) is 39.8 Å². The minimum absolute atomic E-state index is 0.0686. The van der Waals surface area contributed by atoms with E-state index in [-0.39, 0.29) is 24.1 Å². The van der Waals surface area contributed by atoms with Crippen LogP contribution in [0.4, 0.5) is 21.5 Å². The molecule has 1 spiro atoms. The molecule has 0 radical (unpaired) electrons. The van der Waals surface area contributed by atoms with Gasteiger partial charge in [-0.15, -0.1) is 11.8 Å². The summed E-state index contributed by atoms with van der Waals surface area (Å²) in [7, 11) is 0. The molecule has 1 N–H and O–H groups in total. The van der Waals surface area contributed by atoms with Gasteiger partial charge >= 0.3 is 0 Å². The average Bonchev–Trinajstić information content (AvgIpc) is 3.27. The molecule has 0 saturated carbocycles. The van der Waals surface area contributed by atoms with E-state index in [1.54, 1.807) is 30.3 Å². The van der Waals surface area contributed by atoms with Gasteiger partial charge in [-0.1, -0.05) is 36.4 Å². The number of halogens is 1. The van der Waals surface area contributed by atoms with E-state index >= 15 is 0 Å². The number of fused-ring (bicyclic) bond motifs is 2. The molecule has 3 amide bonds. The lowest BCUT2D eigenvalue weighted by Gasteiger charge is -2.33. The Morgan fingerprint density at radius 2 is 1.85 bits per heavy atom. The van der Waals surface area contributed by atoms with Gasteiger partial charge < -0.3 is 5.32 Å². The lowest BCUT2D eigenvalue weighted by Crippen LogP contribution is -2.50. The van der Waals surface area contributed by atoms with Crippen LogP contribution in [0.15, 0.2) is 66.7 Å². The zero-order valence-electron chi connectivity index (χ0n) is 18.7. The van der Waals surface area contributed by atoms with Gasteiger partial charge in [-0.25, -0.2) is 4.39 Å². The molecule has 0 unspecified atom stereocenters. The number of rotatable bonds is 4. The van der Waals surface area contributed by atoms with Gasteiger partial charge in [0.05, 0.1) is 11.4 Å². The molecule has 2 aliphatic heterocycles. The highest BCUT2D eigenvalue weighted by atomic mass is 32.2. The summed E-state index contributed by atoms with van der Waals surface area (Å²) in [5.74, 6) is -1.47. The highest BCUT2D eigenvalue weighted by Crippen LogP contribution is 2.55. The second kappa shape index (κ2) is 8.29. The predicted molar refractivity (Wildman–Crippen MR) is 131 cm³/mol. The molecule has 3 aromatic rings. The Bertz CT molecular complexity index is 1340. The third-order valence-electron chi connectivity index (χ3n) is 6.10. The van der Waals surface area contributed by atoms with Gasteiger partial charge in [0.2, 0.25) is 16.7 Å². The SMILES string of the molecule is Cc1ccc(C)c(NC(=O)CN2C(=O)[C@@]3(SCC(=O)N3c3cccc(F)c3)c3ccccc32)c1. The minimum Gasteiger partial charge on any atom is -0.324 e. The Hall–Kier alpha value is -3.65. The van der Waals surface area contributed by atoms with Gasteiger partial charge in [0.1, 0.15) is 12.4 Å². The maximum atomic E-state index is 14.0. The van der Waals surface area contributed by atoms with Crippen molar-refractivity contribution in [2.75, 3.05) is 27.4 Å². The molecule has 0 aromatic heterocycles. The molecule has 2 aliphatic rings. The first-order valence-corrected chi connectivity index (χ1v) is 11.8. The molecule has 5 rings (SSSR count). The number of benzene rings is 3. The summed E-state index contributed by atoms with van der Waals surface area (Å²) < 4.78 is 14.0. The molecular formula is C26H22FN3O3S. The molecule has 1 fully saturated rings. The van der Waals surface area contributed by atoms with Crippen LogP contribution < -0.4 is 15.1 Å². The van der Waals surface area contributed by atoms with Crippen LogP contribution in [0.1, 0.15) is 16.7 Å². The van der Waals surface area contributed by atoms with Crippen LogP contribution in [0.25, 0.3) is 0 Å². The van der Waals surface area contributed by atoms with Crippen molar-refractivity contribution < 1.29 is 18.8 Å². The molecule has 1 atom stereocenters. The van der Waals surface area contributed by atoms with E-state index in [9.17, 15) is 18.8 Å². The van der Waals surface area contributed by atoms with Crippen LogP contribution in [0, 0.1) is 19.7 Å². The lowest BCUT2D eigenvalue weighted by atomic mass is 10.0. The fourth-order valence-electron chi connectivity index (χ4n) is 4.53. The Morgan fingerprint density at radius 1 is 1.06 bits per heavy atom. The number of thioether (sulfide) groups is 1. The highest BCUT2D eigenvalue weighted by Gasteiger charge is 2.61. The van der Waals surface area contributed by atoms with Gasteiger partial charge in [0.25, 0.3) is 5.91 Å². The Balaban J connectivity index is 1.52. The number of amides is 3. The first-order valence-electron chi connectivity index (χ1n) is 10.8. The van der Waals surface area contributed by atoms with Gasteiger partial charge in [0.15, 0.2) is 0 Å². The maximum Gasteiger partial charge on any atom is 0.269 e. The molecule has 8 heteroatoms. The number of hydrogen-bond acceptors (Lipinski definition) is 4. The van der Waals surface area contributed by atoms with Crippen LogP contribution >= 0.6 is 11.8 Å². The third-order valence-corrected chi connectivity index (χ3v) is 7.49. The lowest BCUT2D eigenvalue weighted by molar-refractivity contribution is -0.124. The van der Waals surface area contributed by atoms with Gasteiger partial charge in [-0.2, -0.15) is 0 Å². The summed E-state index contributed by atoms with van der Waals surface area (Å²) in [6.45, 7) is 3.63. The van der Waals surface area contributed by atoms with E-state index in [1.807, 2.05) is 32.0 Å². The minimum atomic E-state index is -1.39. The number of carbonyl (C=O) groups is 3. The zero-order valence-corrected chi connectivity index (χ0v) is 19.5. The fraction of sp³-hybridized carbons (Fsp3) is 0.192. The van der Waals surface area contributed by atoms with E-state index in [0.29, 0.717) is 22.6 Å². The molecule has 34 heavy (non-hydrogen) atoms. The number of para-hydroxylation sites is 1. The number of anilines is 3. The van der Waals surface area contributed by atoms with Crippen LogP contribution in [-0.4, -0.2) is 30.0 Å². The van der Waals surface area contributed by atoms with Crippen molar-refractivity contribution in [2.24, 2.45) is 0 Å².